The topological polar surface area (TPSA) is 58.6 Å². The van der Waals surface area contributed by atoms with Crippen molar-refractivity contribution in [3.63, 3.8) is 0 Å². The summed E-state index contributed by atoms with van der Waals surface area (Å²) in [6.07, 6.45) is -4.39. The molecule has 0 spiro atoms. The van der Waals surface area contributed by atoms with Gasteiger partial charge in [0.1, 0.15) is 0 Å². The first-order valence-corrected chi connectivity index (χ1v) is 9.39. The third-order valence-electron chi connectivity index (χ3n) is 5.04. The van der Waals surface area contributed by atoms with E-state index in [0.29, 0.717) is 42.9 Å². The zero-order valence-electron chi connectivity index (χ0n) is 16.2. The van der Waals surface area contributed by atoms with Crippen LogP contribution in [-0.2, 0) is 6.18 Å². The lowest BCUT2D eigenvalue weighted by molar-refractivity contribution is -0.137. The van der Waals surface area contributed by atoms with Crippen molar-refractivity contribution in [2.75, 3.05) is 38.2 Å². The minimum absolute atomic E-state index is 0.128. The summed E-state index contributed by atoms with van der Waals surface area (Å²) in [6, 6.07) is 12.4. The zero-order chi connectivity index (χ0) is 21.3. The number of hydrogen-bond donors (Lipinski definition) is 0. The highest BCUT2D eigenvalue weighted by atomic mass is 19.4. The van der Waals surface area contributed by atoms with Crippen molar-refractivity contribution >= 4 is 22.6 Å². The number of rotatable bonds is 3. The molecule has 1 aromatic heterocycles. The van der Waals surface area contributed by atoms with Crippen LogP contribution in [0.3, 0.4) is 0 Å². The molecule has 0 saturated carbocycles. The summed E-state index contributed by atoms with van der Waals surface area (Å²) >= 11 is 0. The molecule has 0 aliphatic carbocycles. The molecule has 1 fully saturated rings. The minimum atomic E-state index is -4.39. The molecule has 2 heterocycles. The number of ether oxygens (including phenoxy) is 1. The summed E-state index contributed by atoms with van der Waals surface area (Å²) in [4.78, 5) is 25.3. The second-order valence-corrected chi connectivity index (χ2v) is 6.90. The number of para-hydroxylation sites is 2. The average Bonchev–Trinajstić information content (AvgIpc) is 2.77. The monoisotopic (exact) mass is 416 g/mol. The Bertz CT molecular complexity index is 1080. The first-order valence-electron chi connectivity index (χ1n) is 9.39. The van der Waals surface area contributed by atoms with Crippen LogP contribution in [0.1, 0.15) is 16.1 Å². The fourth-order valence-electron chi connectivity index (χ4n) is 3.46. The minimum Gasteiger partial charge on any atom is -0.479 e. The fourth-order valence-corrected chi connectivity index (χ4v) is 3.46. The molecule has 9 heteroatoms. The SMILES string of the molecule is COc1nc2ccccc2nc1C(=O)N1CCN(c2cccc(C(F)(F)F)c2)CC1. The molecule has 6 nitrogen and oxygen atoms in total. The Hall–Kier alpha value is -3.36. The van der Waals surface area contributed by atoms with Crippen LogP contribution in [0.15, 0.2) is 48.5 Å². The summed E-state index contributed by atoms with van der Waals surface area (Å²) in [5.41, 5.74) is 1.14. The van der Waals surface area contributed by atoms with Gasteiger partial charge in [0.25, 0.3) is 5.91 Å². The Kier molecular flexibility index (Phi) is 5.19. The van der Waals surface area contributed by atoms with Gasteiger partial charge in [-0.2, -0.15) is 13.2 Å². The van der Waals surface area contributed by atoms with Crippen LogP contribution in [0.4, 0.5) is 18.9 Å². The molecule has 156 valence electrons. The van der Waals surface area contributed by atoms with Crippen LogP contribution in [0.2, 0.25) is 0 Å². The highest BCUT2D eigenvalue weighted by molar-refractivity contribution is 5.96. The van der Waals surface area contributed by atoms with Crippen molar-refractivity contribution in [1.29, 1.82) is 0 Å². The number of piperazine rings is 1. The average molecular weight is 416 g/mol. The van der Waals surface area contributed by atoms with Gasteiger partial charge in [-0.3, -0.25) is 4.79 Å². The van der Waals surface area contributed by atoms with Gasteiger partial charge in [-0.25, -0.2) is 9.97 Å². The number of aromatic nitrogens is 2. The fraction of sp³-hybridized carbons (Fsp3) is 0.286. The van der Waals surface area contributed by atoms with E-state index >= 15 is 0 Å². The lowest BCUT2D eigenvalue weighted by Crippen LogP contribution is -2.49. The molecule has 3 aromatic rings. The van der Waals surface area contributed by atoms with E-state index < -0.39 is 11.7 Å². The van der Waals surface area contributed by atoms with Gasteiger partial charge in [0.05, 0.1) is 23.7 Å². The normalized spacial score (nSPS) is 14.8. The number of methoxy groups -OCH3 is 1. The molecule has 0 unspecified atom stereocenters. The van der Waals surface area contributed by atoms with E-state index in [1.165, 1.54) is 13.2 Å². The molecule has 0 bridgehead atoms. The third-order valence-corrected chi connectivity index (χ3v) is 5.04. The van der Waals surface area contributed by atoms with E-state index in [9.17, 15) is 18.0 Å². The Labute approximate surface area is 170 Å². The Balaban J connectivity index is 1.51. The quantitative estimate of drug-likeness (QED) is 0.653. The standard InChI is InChI=1S/C21H19F3N4O2/c1-30-19-18(25-16-7-2-3-8-17(16)26-19)20(29)28-11-9-27(10-12-28)15-6-4-5-14(13-15)21(22,23)24/h2-8,13H,9-12H2,1H3. The molecular formula is C21H19F3N4O2. The second kappa shape index (κ2) is 7.81. The maximum Gasteiger partial charge on any atom is 0.416 e. The number of benzene rings is 2. The molecule has 0 N–H and O–H groups in total. The molecule has 30 heavy (non-hydrogen) atoms. The van der Waals surface area contributed by atoms with Crippen molar-refractivity contribution in [1.82, 2.24) is 14.9 Å². The van der Waals surface area contributed by atoms with Gasteiger partial charge in [0, 0.05) is 31.9 Å². The van der Waals surface area contributed by atoms with E-state index in [1.54, 1.807) is 23.1 Å². The van der Waals surface area contributed by atoms with Crippen molar-refractivity contribution < 1.29 is 22.7 Å². The van der Waals surface area contributed by atoms with Gasteiger partial charge in [-0.05, 0) is 30.3 Å². The molecule has 0 atom stereocenters. The molecule has 2 aromatic carbocycles. The van der Waals surface area contributed by atoms with Crippen molar-refractivity contribution in [3.05, 3.63) is 59.8 Å². The zero-order valence-corrected chi connectivity index (χ0v) is 16.2. The summed E-state index contributed by atoms with van der Waals surface area (Å²) in [5, 5.41) is 0. The van der Waals surface area contributed by atoms with Crippen molar-refractivity contribution in [3.8, 4) is 5.88 Å². The van der Waals surface area contributed by atoms with E-state index in [0.717, 1.165) is 12.1 Å². The summed E-state index contributed by atoms with van der Waals surface area (Å²) in [5.74, 6) is -0.159. The maximum atomic E-state index is 13.0. The van der Waals surface area contributed by atoms with Gasteiger partial charge in [-0.1, -0.05) is 18.2 Å². The second-order valence-electron chi connectivity index (χ2n) is 6.90. The number of halogens is 3. The van der Waals surface area contributed by atoms with Crippen molar-refractivity contribution in [2.24, 2.45) is 0 Å². The number of fused-ring (bicyclic) bond motifs is 1. The summed E-state index contributed by atoms with van der Waals surface area (Å²) in [7, 11) is 1.43. The Morgan fingerprint density at radius 2 is 1.63 bits per heavy atom. The maximum absolute atomic E-state index is 13.0. The van der Waals surface area contributed by atoms with Crippen LogP contribution in [0.5, 0.6) is 5.88 Å². The Morgan fingerprint density at radius 3 is 2.27 bits per heavy atom. The highest BCUT2D eigenvalue weighted by Gasteiger charge is 2.32. The lowest BCUT2D eigenvalue weighted by Gasteiger charge is -2.36. The van der Waals surface area contributed by atoms with E-state index in [1.807, 2.05) is 17.0 Å². The third kappa shape index (κ3) is 3.87. The molecule has 4 rings (SSSR count). The van der Waals surface area contributed by atoms with Crippen LogP contribution < -0.4 is 9.64 Å². The molecule has 0 radical (unpaired) electrons. The van der Waals surface area contributed by atoms with Gasteiger partial charge >= 0.3 is 6.18 Å². The molecule has 1 aliphatic rings. The van der Waals surface area contributed by atoms with Crippen LogP contribution >= 0.6 is 0 Å². The number of anilines is 1. The molecule has 1 aliphatic heterocycles. The first kappa shape index (κ1) is 19.9. The highest BCUT2D eigenvalue weighted by Crippen LogP contribution is 2.32. The number of nitrogens with zero attached hydrogens (tertiary/aromatic N) is 4. The predicted octanol–water partition coefficient (Wildman–Crippen LogP) is 3.62. The Morgan fingerprint density at radius 1 is 0.967 bits per heavy atom. The van der Waals surface area contributed by atoms with Crippen LogP contribution in [0.25, 0.3) is 11.0 Å². The van der Waals surface area contributed by atoms with Crippen LogP contribution in [0, 0.1) is 0 Å². The number of carbonyl (C=O) groups excluding carboxylic acids is 1. The first-order chi connectivity index (χ1) is 14.4. The number of alkyl halides is 3. The smallest absolute Gasteiger partial charge is 0.416 e. The number of hydrogen-bond acceptors (Lipinski definition) is 5. The van der Waals surface area contributed by atoms with Gasteiger partial charge in [-0.15, -0.1) is 0 Å². The number of carbonyl (C=O) groups is 1. The van der Waals surface area contributed by atoms with Gasteiger partial charge in [0.2, 0.25) is 5.88 Å². The molecule has 1 saturated heterocycles. The molecule has 1 amide bonds. The van der Waals surface area contributed by atoms with E-state index in [-0.39, 0.29) is 17.5 Å². The molecular weight excluding hydrogens is 397 g/mol. The van der Waals surface area contributed by atoms with E-state index in [2.05, 4.69) is 9.97 Å². The predicted molar refractivity (Wildman–Crippen MR) is 106 cm³/mol. The summed E-state index contributed by atoms with van der Waals surface area (Å²) in [6.45, 7) is 1.53. The van der Waals surface area contributed by atoms with Crippen molar-refractivity contribution in [2.45, 2.75) is 6.18 Å². The largest absolute Gasteiger partial charge is 0.479 e. The van der Waals surface area contributed by atoms with Gasteiger partial charge < -0.3 is 14.5 Å². The lowest BCUT2D eigenvalue weighted by atomic mass is 10.1. The van der Waals surface area contributed by atoms with Gasteiger partial charge in [0.15, 0.2) is 5.69 Å². The van der Waals surface area contributed by atoms with E-state index in [4.69, 9.17) is 4.74 Å². The number of amides is 1. The summed E-state index contributed by atoms with van der Waals surface area (Å²) < 4.78 is 44.2. The van der Waals surface area contributed by atoms with Crippen LogP contribution in [-0.4, -0.2) is 54.1 Å².